The lowest BCUT2D eigenvalue weighted by molar-refractivity contribution is -0.787. The third-order valence-electron chi connectivity index (χ3n) is 4.63. The molecule has 0 aromatic heterocycles. The highest BCUT2D eigenvalue weighted by Gasteiger charge is 2.43. The molecule has 0 radical (unpaired) electrons. The molecule has 1 fully saturated rings. The topological polar surface area (TPSA) is 72.0 Å². The number of nitrogens with one attached hydrogen (secondary N) is 1. The number of hydrogen-bond donors (Lipinski definition) is 2. The van der Waals surface area contributed by atoms with Crippen molar-refractivity contribution in [1.82, 2.24) is 4.72 Å². The van der Waals surface area contributed by atoms with Gasteiger partial charge in [-0.1, -0.05) is 6.07 Å². The number of hydrogen-bond acceptors (Lipinski definition) is 3. The zero-order valence-corrected chi connectivity index (χ0v) is 16.7. The van der Waals surface area contributed by atoms with Gasteiger partial charge in [0.2, 0.25) is 10.0 Å². The summed E-state index contributed by atoms with van der Waals surface area (Å²) in [7, 11) is -2.03. The molecule has 1 aliphatic heterocycles. The molecule has 1 saturated heterocycles. The Morgan fingerprint density at radius 3 is 2.12 bits per heavy atom. The maximum absolute atomic E-state index is 12.9. The van der Waals surface area contributed by atoms with Crippen LogP contribution in [0.15, 0.2) is 17.0 Å². The molecule has 1 heterocycles. The Morgan fingerprint density at radius 2 is 1.62 bits per heavy atom. The fourth-order valence-electron chi connectivity index (χ4n) is 4.21. The number of rotatable bonds is 4. The number of quaternary nitrogens is 1. The van der Waals surface area contributed by atoms with E-state index in [0.717, 1.165) is 24.0 Å². The molecular formula is C18H31N2O3S+. The van der Waals surface area contributed by atoms with Gasteiger partial charge >= 0.3 is 0 Å². The van der Waals surface area contributed by atoms with Crippen molar-refractivity contribution in [3.05, 3.63) is 23.3 Å². The van der Waals surface area contributed by atoms with Gasteiger partial charge in [0.05, 0.1) is 23.1 Å². The van der Waals surface area contributed by atoms with Crippen LogP contribution in [0.2, 0.25) is 0 Å². The van der Waals surface area contributed by atoms with Crippen LogP contribution in [0.3, 0.4) is 0 Å². The van der Waals surface area contributed by atoms with Gasteiger partial charge in [-0.25, -0.2) is 13.1 Å². The van der Waals surface area contributed by atoms with Gasteiger partial charge in [0.15, 0.2) is 0 Å². The van der Waals surface area contributed by atoms with E-state index in [9.17, 15) is 8.42 Å². The maximum atomic E-state index is 12.9. The van der Waals surface area contributed by atoms with Gasteiger partial charge < -0.3 is 10.1 Å². The first-order chi connectivity index (χ1) is 10.9. The van der Waals surface area contributed by atoms with Crippen molar-refractivity contribution < 1.29 is 18.5 Å². The van der Waals surface area contributed by atoms with Crippen molar-refractivity contribution in [3.63, 3.8) is 0 Å². The van der Waals surface area contributed by atoms with Crippen molar-refractivity contribution in [2.75, 3.05) is 7.11 Å². The van der Waals surface area contributed by atoms with Gasteiger partial charge in [-0.15, -0.1) is 0 Å². The van der Waals surface area contributed by atoms with E-state index in [0.29, 0.717) is 10.6 Å². The molecule has 0 saturated carbocycles. The largest absolute Gasteiger partial charge is 0.496 e. The third-order valence-corrected chi connectivity index (χ3v) is 6.29. The smallest absolute Gasteiger partial charge is 0.241 e. The van der Waals surface area contributed by atoms with Crippen LogP contribution in [0.1, 0.15) is 51.7 Å². The zero-order valence-electron chi connectivity index (χ0n) is 15.9. The van der Waals surface area contributed by atoms with E-state index in [1.807, 2.05) is 19.9 Å². The van der Waals surface area contributed by atoms with Gasteiger partial charge in [0.1, 0.15) is 5.75 Å². The third kappa shape index (κ3) is 4.29. The summed E-state index contributed by atoms with van der Waals surface area (Å²) in [6.45, 7) is 12.4. The number of ether oxygens (including phenoxy) is 1. The predicted molar refractivity (Wildman–Crippen MR) is 95.9 cm³/mol. The molecule has 0 atom stereocenters. The Balaban J connectivity index is 2.32. The normalized spacial score (nSPS) is 20.8. The molecule has 0 amide bonds. The monoisotopic (exact) mass is 355 g/mol. The Kier molecular flexibility index (Phi) is 5.06. The number of methoxy groups -OCH3 is 1. The summed E-state index contributed by atoms with van der Waals surface area (Å²) in [4.78, 5) is 0.301. The summed E-state index contributed by atoms with van der Waals surface area (Å²) in [5, 5.41) is 2.34. The molecule has 0 spiro atoms. The number of nitrogens with two attached hydrogens (primary N) is 1. The molecule has 0 bridgehead atoms. The molecule has 1 aromatic carbocycles. The Morgan fingerprint density at radius 1 is 1.08 bits per heavy atom. The fourth-order valence-corrected chi connectivity index (χ4v) is 5.68. The first-order valence-electron chi connectivity index (χ1n) is 8.40. The standard InChI is InChI=1S/C18H30N2O3S/c1-12-8-13(2)16(9-15(12)23-7)24(21,22)19-14-10-17(3,4)20-18(5,6)11-14/h8-9,14,19-20H,10-11H2,1-7H3/p+1. The first-order valence-corrected chi connectivity index (χ1v) is 9.88. The van der Waals surface area contributed by atoms with Crippen LogP contribution in [0.4, 0.5) is 0 Å². The second-order valence-corrected chi connectivity index (χ2v) is 10.1. The van der Waals surface area contributed by atoms with Crippen LogP contribution in [0, 0.1) is 13.8 Å². The lowest BCUT2D eigenvalue weighted by atomic mass is 9.80. The Hall–Kier alpha value is -1.11. The molecule has 24 heavy (non-hydrogen) atoms. The molecule has 5 nitrogen and oxygen atoms in total. The summed E-state index contributed by atoms with van der Waals surface area (Å²) >= 11 is 0. The highest BCUT2D eigenvalue weighted by atomic mass is 32.2. The second-order valence-electron chi connectivity index (χ2n) is 8.44. The SMILES string of the molecule is COc1cc(S(=O)(=O)NC2CC(C)(C)[NH2+]C(C)(C)C2)c(C)cc1C. The predicted octanol–water partition coefficient (Wildman–Crippen LogP) is 1.87. The van der Waals surface area contributed by atoms with Crippen LogP contribution in [-0.2, 0) is 10.0 Å². The highest BCUT2D eigenvalue weighted by molar-refractivity contribution is 7.89. The van der Waals surface area contributed by atoms with Crippen molar-refractivity contribution in [2.24, 2.45) is 0 Å². The van der Waals surface area contributed by atoms with E-state index in [4.69, 9.17) is 4.74 Å². The van der Waals surface area contributed by atoms with E-state index < -0.39 is 10.0 Å². The van der Waals surface area contributed by atoms with Crippen LogP contribution in [-0.4, -0.2) is 32.6 Å². The van der Waals surface area contributed by atoms with E-state index in [1.54, 1.807) is 13.2 Å². The Bertz CT molecular complexity index is 708. The lowest BCUT2D eigenvalue weighted by Crippen LogP contribution is -3.06. The number of piperidine rings is 1. The molecule has 1 aliphatic rings. The average Bonchev–Trinajstić information content (AvgIpc) is 2.33. The number of benzene rings is 1. The minimum atomic E-state index is -3.58. The fraction of sp³-hybridized carbons (Fsp3) is 0.667. The summed E-state index contributed by atoms with van der Waals surface area (Å²) in [5.41, 5.74) is 1.69. The summed E-state index contributed by atoms with van der Waals surface area (Å²) in [6, 6.07) is 3.41. The number of sulfonamides is 1. The quantitative estimate of drug-likeness (QED) is 0.866. The minimum Gasteiger partial charge on any atom is -0.496 e. The van der Waals surface area contributed by atoms with E-state index in [1.165, 1.54) is 0 Å². The molecule has 2 rings (SSSR count). The van der Waals surface area contributed by atoms with E-state index in [2.05, 4.69) is 37.7 Å². The molecule has 136 valence electrons. The van der Waals surface area contributed by atoms with Crippen molar-refractivity contribution in [1.29, 1.82) is 0 Å². The van der Waals surface area contributed by atoms with Crippen molar-refractivity contribution in [2.45, 2.75) is 76.4 Å². The van der Waals surface area contributed by atoms with Gasteiger partial charge in [0.25, 0.3) is 0 Å². The molecule has 6 heteroatoms. The van der Waals surface area contributed by atoms with E-state index in [-0.39, 0.29) is 17.1 Å². The van der Waals surface area contributed by atoms with Gasteiger partial charge in [0, 0.05) is 24.9 Å². The van der Waals surface area contributed by atoms with Gasteiger partial charge in [-0.2, -0.15) is 0 Å². The zero-order chi connectivity index (χ0) is 18.3. The lowest BCUT2D eigenvalue weighted by Gasteiger charge is -2.43. The molecule has 0 aliphatic carbocycles. The second kappa shape index (κ2) is 6.32. The maximum Gasteiger partial charge on any atom is 0.241 e. The minimum absolute atomic E-state index is 0.00888. The van der Waals surface area contributed by atoms with Crippen molar-refractivity contribution in [3.8, 4) is 5.75 Å². The van der Waals surface area contributed by atoms with Crippen LogP contribution in [0.5, 0.6) is 5.75 Å². The molecule has 1 aromatic rings. The summed E-state index contributed by atoms with van der Waals surface area (Å²) in [6.07, 6.45) is 1.61. The molecule has 0 unspecified atom stereocenters. The highest BCUT2D eigenvalue weighted by Crippen LogP contribution is 2.28. The van der Waals surface area contributed by atoms with Gasteiger partial charge in [-0.3, -0.25) is 0 Å². The van der Waals surface area contributed by atoms with Crippen LogP contribution in [0.25, 0.3) is 0 Å². The van der Waals surface area contributed by atoms with Gasteiger partial charge in [-0.05, 0) is 52.7 Å². The molecular weight excluding hydrogens is 324 g/mol. The number of aryl methyl sites for hydroxylation is 2. The summed E-state index contributed by atoms with van der Waals surface area (Å²) < 4.78 is 34.1. The Labute approximate surface area is 146 Å². The molecule has 3 N–H and O–H groups in total. The average molecular weight is 356 g/mol. The van der Waals surface area contributed by atoms with Crippen LogP contribution >= 0.6 is 0 Å². The van der Waals surface area contributed by atoms with Crippen molar-refractivity contribution >= 4 is 10.0 Å². The van der Waals surface area contributed by atoms with Crippen LogP contribution < -0.4 is 14.8 Å². The summed E-state index contributed by atoms with van der Waals surface area (Å²) in [5.74, 6) is 0.596. The van der Waals surface area contributed by atoms with E-state index >= 15 is 0 Å². The first kappa shape index (κ1) is 19.2.